The minimum absolute atomic E-state index is 0.0699. The van der Waals surface area contributed by atoms with Crippen molar-refractivity contribution in [3.63, 3.8) is 0 Å². The number of anilines is 1. The molecule has 0 spiro atoms. The molecule has 2 heterocycles. The standard InChI is InChI=1S/C25H25ClN4OS/c1-4-19-7-5-6-8-23(19)28-24(31)14-21-15-32-25(27-21)30-17(3)22(16(2)29-30)13-18-9-11-20(26)12-10-18/h5-12,15H,4,13-14H2,1-3H3,(H,28,31). The molecule has 0 unspecified atom stereocenters. The number of aryl methyl sites for hydroxylation is 2. The highest BCUT2D eigenvalue weighted by Gasteiger charge is 2.17. The van der Waals surface area contributed by atoms with Crippen LogP contribution in [0.3, 0.4) is 0 Å². The quantitative estimate of drug-likeness (QED) is 0.368. The predicted molar refractivity (Wildman–Crippen MR) is 131 cm³/mol. The molecular formula is C25H25ClN4OS. The molecule has 4 rings (SSSR count). The second-order valence-corrected chi connectivity index (χ2v) is 8.99. The maximum Gasteiger partial charge on any atom is 0.230 e. The van der Waals surface area contributed by atoms with Crippen LogP contribution in [0.5, 0.6) is 0 Å². The molecule has 32 heavy (non-hydrogen) atoms. The van der Waals surface area contributed by atoms with Crippen molar-refractivity contribution < 1.29 is 4.79 Å². The van der Waals surface area contributed by atoms with E-state index in [1.54, 1.807) is 0 Å². The van der Waals surface area contributed by atoms with Crippen LogP contribution >= 0.6 is 22.9 Å². The lowest BCUT2D eigenvalue weighted by Gasteiger charge is -2.08. The van der Waals surface area contributed by atoms with E-state index in [1.807, 2.05) is 65.5 Å². The van der Waals surface area contributed by atoms with Crippen LogP contribution in [0.1, 0.15) is 40.7 Å². The molecule has 164 valence electrons. The van der Waals surface area contributed by atoms with E-state index in [0.29, 0.717) is 0 Å². The summed E-state index contributed by atoms with van der Waals surface area (Å²) in [5, 5.41) is 11.2. The highest BCUT2D eigenvalue weighted by molar-refractivity contribution is 7.12. The Labute approximate surface area is 197 Å². The Bertz CT molecular complexity index is 1240. The van der Waals surface area contributed by atoms with Gasteiger partial charge in [-0.3, -0.25) is 4.79 Å². The number of halogens is 1. The van der Waals surface area contributed by atoms with Gasteiger partial charge in [0.1, 0.15) is 0 Å². The van der Waals surface area contributed by atoms with Crippen LogP contribution < -0.4 is 5.32 Å². The fourth-order valence-corrected chi connectivity index (χ4v) is 4.66. The average Bonchev–Trinajstić information content (AvgIpc) is 3.35. The summed E-state index contributed by atoms with van der Waals surface area (Å²) in [6.45, 7) is 6.15. The molecule has 4 aromatic rings. The van der Waals surface area contributed by atoms with Gasteiger partial charge in [0, 0.05) is 33.8 Å². The average molecular weight is 465 g/mol. The van der Waals surface area contributed by atoms with E-state index in [9.17, 15) is 4.79 Å². The van der Waals surface area contributed by atoms with E-state index < -0.39 is 0 Å². The molecule has 0 atom stereocenters. The molecule has 2 aromatic carbocycles. The second-order valence-electron chi connectivity index (χ2n) is 7.72. The van der Waals surface area contributed by atoms with Crippen LogP contribution in [0.2, 0.25) is 5.02 Å². The summed E-state index contributed by atoms with van der Waals surface area (Å²) in [6.07, 6.45) is 1.88. The SMILES string of the molecule is CCc1ccccc1NC(=O)Cc1csc(-n2nc(C)c(Cc3ccc(Cl)cc3)c2C)n1. The zero-order valence-corrected chi connectivity index (χ0v) is 19.9. The number of nitrogens with zero attached hydrogens (tertiary/aromatic N) is 3. The van der Waals surface area contributed by atoms with Gasteiger partial charge < -0.3 is 5.32 Å². The van der Waals surface area contributed by atoms with Crippen LogP contribution in [-0.4, -0.2) is 20.7 Å². The van der Waals surface area contributed by atoms with E-state index in [0.717, 1.165) is 51.3 Å². The molecule has 0 saturated heterocycles. The zero-order valence-electron chi connectivity index (χ0n) is 18.4. The van der Waals surface area contributed by atoms with Gasteiger partial charge in [0.25, 0.3) is 0 Å². The Morgan fingerprint density at radius 2 is 1.88 bits per heavy atom. The summed E-state index contributed by atoms with van der Waals surface area (Å²) in [7, 11) is 0. The van der Waals surface area contributed by atoms with Crippen LogP contribution in [-0.2, 0) is 24.1 Å². The van der Waals surface area contributed by atoms with Gasteiger partial charge in [-0.25, -0.2) is 9.67 Å². The third kappa shape index (κ3) is 4.92. The number of thiazole rings is 1. The third-order valence-corrected chi connectivity index (χ3v) is 6.59. The molecule has 5 nitrogen and oxygen atoms in total. The molecule has 2 aromatic heterocycles. The van der Waals surface area contributed by atoms with E-state index in [1.165, 1.54) is 22.5 Å². The zero-order chi connectivity index (χ0) is 22.7. The number of para-hydroxylation sites is 1. The lowest BCUT2D eigenvalue weighted by Crippen LogP contribution is -2.15. The minimum Gasteiger partial charge on any atom is -0.325 e. The first-order chi connectivity index (χ1) is 15.4. The van der Waals surface area contributed by atoms with Crippen molar-refractivity contribution >= 4 is 34.5 Å². The number of carbonyl (C=O) groups excluding carboxylic acids is 1. The van der Waals surface area contributed by atoms with Gasteiger partial charge >= 0.3 is 0 Å². The molecule has 0 saturated carbocycles. The largest absolute Gasteiger partial charge is 0.325 e. The number of nitrogens with one attached hydrogen (secondary N) is 1. The molecule has 7 heteroatoms. The van der Waals surface area contributed by atoms with E-state index >= 15 is 0 Å². The Balaban J connectivity index is 1.48. The first-order valence-electron chi connectivity index (χ1n) is 10.6. The fraction of sp³-hybridized carbons (Fsp3) is 0.240. The van der Waals surface area contributed by atoms with E-state index in [-0.39, 0.29) is 12.3 Å². The first kappa shape index (κ1) is 22.2. The van der Waals surface area contributed by atoms with Crippen LogP contribution in [0.4, 0.5) is 5.69 Å². The van der Waals surface area contributed by atoms with Gasteiger partial charge in [0.15, 0.2) is 0 Å². The number of rotatable bonds is 7. The summed E-state index contributed by atoms with van der Waals surface area (Å²) in [4.78, 5) is 17.2. The van der Waals surface area contributed by atoms with Gasteiger partial charge in [0.2, 0.25) is 11.0 Å². The first-order valence-corrected chi connectivity index (χ1v) is 11.8. The van der Waals surface area contributed by atoms with Crippen molar-refractivity contribution in [2.24, 2.45) is 0 Å². The van der Waals surface area contributed by atoms with Gasteiger partial charge in [-0.15, -0.1) is 11.3 Å². The number of hydrogen-bond acceptors (Lipinski definition) is 4. The number of amides is 1. The van der Waals surface area contributed by atoms with Crippen molar-refractivity contribution in [1.29, 1.82) is 0 Å². The molecule has 0 bridgehead atoms. The van der Waals surface area contributed by atoms with Crippen molar-refractivity contribution in [2.45, 2.75) is 40.0 Å². The van der Waals surface area contributed by atoms with Gasteiger partial charge in [0.05, 0.1) is 17.8 Å². The van der Waals surface area contributed by atoms with Crippen LogP contribution in [0.25, 0.3) is 5.13 Å². The summed E-state index contributed by atoms with van der Waals surface area (Å²) in [5.74, 6) is -0.0699. The van der Waals surface area contributed by atoms with Gasteiger partial charge in [-0.05, 0) is 49.6 Å². The van der Waals surface area contributed by atoms with Gasteiger partial charge in [-0.1, -0.05) is 48.9 Å². The molecule has 1 N–H and O–H groups in total. The number of aromatic nitrogens is 3. The summed E-state index contributed by atoms with van der Waals surface area (Å²) in [5.41, 5.74) is 7.12. The Morgan fingerprint density at radius 1 is 1.12 bits per heavy atom. The van der Waals surface area contributed by atoms with Crippen LogP contribution in [0.15, 0.2) is 53.9 Å². The highest BCUT2D eigenvalue weighted by atomic mass is 35.5. The summed E-state index contributed by atoms with van der Waals surface area (Å²) < 4.78 is 1.87. The molecule has 0 aliphatic carbocycles. The van der Waals surface area contributed by atoms with Crippen LogP contribution in [0, 0.1) is 13.8 Å². The number of benzene rings is 2. The molecule has 1 amide bonds. The molecule has 0 aliphatic rings. The topological polar surface area (TPSA) is 59.8 Å². The fourth-order valence-electron chi connectivity index (χ4n) is 3.71. The normalized spacial score (nSPS) is 11.0. The van der Waals surface area contributed by atoms with Crippen molar-refractivity contribution in [1.82, 2.24) is 14.8 Å². The highest BCUT2D eigenvalue weighted by Crippen LogP contribution is 2.24. The Kier molecular flexibility index (Phi) is 6.72. The Morgan fingerprint density at radius 3 is 2.62 bits per heavy atom. The second kappa shape index (κ2) is 9.67. The maximum absolute atomic E-state index is 12.6. The number of carbonyl (C=O) groups is 1. The maximum atomic E-state index is 12.6. The molecular weight excluding hydrogens is 440 g/mol. The van der Waals surface area contributed by atoms with E-state index in [4.69, 9.17) is 16.7 Å². The summed E-state index contributed by atoms with van der Waals surface area (Å²) >= 11 is 7.50. The van der Waals surface area contributed by atoms with Crippen molar-refractivity contribution in [3.8, 4) is 5.13 Å². The summed E-state index contributed by atoms with van der Waals surface area (Å²) in [6, 6.07) is 15.8. The monoisotopic (exact) mass is 464 g/mol. The van der Waals surface area contributed by atoms with Crippen molar-refractivity contribution in [2.75, 3.05) is 5.32 Å². The van der Waals surface area contributed by atoms with E-state index in [2.05, 4.69) is 24.1 Å². The lowest BCUT2D eigenvalue weighted by molar-refractivity contribution is -0.115. The Hall–Kier alpha value is -2.96. The number of hydrogen-bond donors (Lipinski definition) is 1. The minimum atomic E-state index is -0.0699. The predicted octanol–water partition coefficient (Wildman–Crippen LogP) is 5.93. The molecule has 0 aliphatic heterocycles. The van der Waals surface area contributed by atoms with Gasteiger partial charge in [-0.2, -0.15) is 5.10 Å². The lowest BCUT2D eigenvalue weighted by atomic mass is 10.0. The molecule has 0 radical (unpaired) electrons. The van der Waals surface area contributed by atoms with Crippen molar-refractivity contribution in [3.05, 3.63) is 92.7 Å². The third-order valence-electron chi connectivity index (χ3n) is 5.47. The smallest absolute Gasteiger partial charge is 0.230 e. The molecule has 0 fully saturated rings.